The summed E-state index contributed by atoms with van der Waals surface area (Å²) in [7, 11) is 0. The van der Waals surface area contributed by atoms with E-state index in [1.54, 1.807) is 24.3 Å². The van der Waals surface area contributed by atoms with Crippen LogP contribution in [0, 0.1) is 13.8 Å². The van der Waals surface area contributed by atoms with Gasteiger partial charge in [0.25, 0.3) is 5.91 Å². The number of nitrogens with one attached hydrogen (secondary N) is 1. The predicted molar refractivity (Wildman–Crippen MR) is 143 cm³/mol. The minimum Gasteiger partial charge on any atom is -0.494 e. The molecule has 3 aromatic carbocycles. The predicted octanol–water partition coefficient (Wildman–Crippen LogP) is 6.79. The fraction of sp³-hybridized carbons (Fsp3) is 0.286. The van der Waals surface area contributed by atoms with Crippen molar-refractivity contribution in [2.75, 3.05) is 13.2 Å². The zero-order chi connectivity index (χ0) is 24.8. The second kappa shape index (κ2) is 11.6. The van der Waals surface area contributed by atoms with Crippen molar-refractivity contribution in [3.63, 3.8) is 0 Å². The number of ether oxygens (including phenoxy) is 1. The molecule has 1 aromatic heterocycles. The van der Waals surface area contributed by atoms with Crippen molar-refractivity contribution >= 4 is 40.1 Å². The third kappa shape index (κ3) is 6.36. The van der Waals surface area contributed by atoms with E-state index in [9.17, 15) is 4.79 Å². The highest BCUT2D eigenvalue weighted by molar-refractivity contribution is 6.32. The van der Waals surface area contributed by atoms with Crippen molar-refractivity contribution in [1.82, 2.24) is 14.9 Å². The van der Waals surface area contributed by atoms with Gasteiger partial charge in [-0.25, -0.2) is 4.98 Å². The molecule has 0 saturated heterocycles. The van der Waals surface area contributed by atoms with Crippen molar-refractivity contribution in [3.05, 3.63) is 93.2 Å². The van der Waals surface area contributed by atoms with E-state index in [1.807, 2.05) is 44.2 Å². The highest BCUT2D eigenvalue weighted by Gasteiger charge is 2.12. The molecule has 4 rings (SSSR count). The maximum absolute atomic E-state index is 12.4. The Hall–Kier alpha value is -3.02. The number of halogens is 2. The summed E-state index contributed by atoms with van der Waals surface area (Å²) >= 11 is 12.3. The molecule has 4 aromatic rings. The molecule has 0 saturated carbocycles. The molecule has 0 aliphatic heterocycles. The number of aryl methyl sites for hydroxylation is 3. The molecule has 1 N–H and O–H groups in total. The molecule has 0 fully saturated rings. The van der Waals surface area contributed by atoms with Crippen LogP contribution in [-0.2, 0) is 13.0 Å². The topological polar surface area (TPSA) is 56.1 Å². The van der Waals surface area contributed by atoms with Crippen LogP contribution >= 0.6 is 23.2 Å². The van der Waals surface area contributed by atoms with E-state index >= 15 is 0 Å². The summed E-state index contributed by atoms with van der Waals surface area (Å²) in [5, 5.41) is 4.31. The van der Waals surface area contributed by atoms with Crippen LogP contribution in [0.15, 0.2) is 60.7 Å². The van der Waals surface area contributed by atoms with Gasteiger partial charge in [0, 0.05) is 35.1 Å². The molecule has 7 heteroatoms. The molecular formula is C28H29Cl2N3O2. The van der Waals surface area contributed by atoms with Crippen LogP contribution < -0.4 is 10.1 Å². The zero-order valence-corrected chi connectivity index (χ0v) is 21.5. The first-order chi connectivity index (χ1) is 16.9. The van der Waals surface area contributed by atoms with E-state index in [1.165, 1.54) is 0 Å². The average Bonchev–Trinajstić information content (AvgIpc) is 3.19. The van der Waals surface area contributed by atoms with Gasteiger partial charge in [0.15, 0.2) is 0 Å². The van der Waals surface area contributed by atoms with E-state index in [2.05, 4.69) is 16.0 Å². The fourth-order valence-electron chi connectivity index (χ4n) is 4.14. The first-order valence-electron chi connectivity index (χ1n) is 11.8. The molecule has 0 bridgehead atoms. The number of carbonyl (C=O) groups excluding carboxylic acids is 1. The minimum atomic E-state index is -0.139. The van der Waals surface area contributed by atoms with Gasteiger partial charge in [-0.15, -0.1) is 0 Å². The first kappa shape index (κ1) is 25.1. The number of rotatable bonds is 10. The van der Waals surface area contributed by atoms with Crippen molar-refractivity contribution in [2.45, 2.75) is 39.7 Å². The van der Waals surface area contributed by atoms with Crippen molar-refractivity contribution in [3.8, 4) is 5.75 Å². The Bertz CT molecular complexity index is 1310. The lowest BCUT2D eigenvalue weighted by Crippen LogP contribution is -2.26. The maximum Gasteiger partial charge on any atom is 0.251 e. The second-order valence-corrected chi connectivity index (χ2v) is 9.43. The molecule has 182 valence electrons. The van der Waals surface area contributed by atoms with Crippen LogP contribution in [0.25, 0.3) is 11.0 Å². The third-order valence-corrected chi connectivity index (χ3v) is 6.74. The van der Waals surface area contributed by atoms with Gasteiger partial charge in [-0.3, -0.25) is 4.79 Å². The number of unbranched alkanes of at least 4 members (excludes halogenated alkanes) is 1. The smallest absolute Gasteiger partial charge is 0.251 e. The number of nitrogens with zero attached hydrogens (tertiary/aromatic N) is 2. The lowest BCUT2D eigenvalue weighted by atomic mass is 10.1. The second-order valence-electron chi connectivity index (χ2n) is 8.61. The molecule has 0 spiro atoms. The molecule has 1 amide bonds. The van der Waals surface area contributed by atoms with Gasteiger partial charge in [-0.05, 0) is 80.3 Å². The van der Waals surface area contributed by atoms with Gasteiger partial charge in [-0.2, -0.15) is 0 Å². The van der Waals surface area contributed by atoms with E-state index in [4.69, 9.17) is 32.9 Å². The Kier molecular flexibility index (Phi) is 8.32. The van der Waals surface area contributed by atoms with E-state index in [0.717, 1.165) is 58.1 Å². The van der Waals surface area contributed by atoms with Gasteiger partial charge < -0.3 is 14.6 Å². The number of benzene rings is 3. The largest absolute Gasteiger partial charge is 0.494 e. The SMILES string of the molecule is Cc1cc(OCCCCn2c(CCNC(=O)c3cccc(Cl)c3)nc3ccccc32)cc(C)c1Cl. The normalized spacial score (nSPS) is 11.1. The number of fused-ring (bicyclic) bond motifs is 1. The van der Waals surface area contributed by atoms with Gasteiger partial charge in [0.2, 0.25) is 0 Å². The maximum atomic E-state index is 12.4. The number of aromatic nitrogens is 2. The Morgan fingerprint density at radius 2 is 1.77 bits per heavy atom. The van der Waals surface area contributed by atoms with Crippen LogP contribution in [0.5, 0.6) is 5.75 Å². The molecule has 0 aliphatic carbocycles. The number of imidazole rings is 1. The average molecular weight is 510 g/mol. The fourth-order valence-corrected chi connectivity index (χ4v) is 4.44. The zero-order valence-electron chi connectivity index (χ0n) is 20.0. The van der Waals surface area contributed by atoms with Gasteiger partial charge in [0.05, 0.1) is 17.6 Å². The molecule has 0 atom stereocenters. The summed E-state index contributed by atoms with van der Waals surface area (Å²) in [6.45, 7) is 5.95. The number of para-hydroxylation sites is 2. The number of hydrogen-bond donors (Lipinski definition) is 1. The van der Waals surface area contributed by atoms with Crippen molar-refractivity contribution < 1.29 is 9.53 Å². The van der Waals surface area contributed by atoms with Crippen LogP contribution in [0.2, 0.25) is 10.0 Å². The van der Waals surface area contributed by atoms with E-state index < -0.39 is 0 Å². The molecular weight excluding hydrogens is 481 g/mol. The molecule has 0 unspecified atom stereocenters. The number of carbonyl (C=O) groups is 1. The third-order valence-electron chi connectivity index (χ3n) is 5.91. The molecule has 1 heterocycles. The summed E-state index contributed by atoms with van der Waals surface area (Å²) < 4.78 is 8.21. The van der Waals surface area contributed by atoms with E-state index in [-0.39, 0.29) is 5.91 Å². The van der Waals surface area contributed by atoms with Gasteiger partial charge in [-0.1, -0.05) is 41.4 Å². The first-order valence-corrected chi connectivity index (χ1v) is 12.6. The van der Waals surface area contributed by atoms with Crippen LogP contribution in [0.3, 0.4) is 0 Å². The minimum absolute atomic E-state index is 0.139. The Morgan fingerprint density at radius 1 is 1.00 bits per heavy atom. The van der Waals surface area contributed by atoms with Crippen LogP contribution in [0.4, 0.5) is 0 Å². The molecule has 35 heavy (non-hydrogen) atoms. The summed E-state index contributed by atoms with van der Waals surface area (Å²) in [5.74, 6) is 1.68. The number of hydrogen-bond acceptors (Lipinski definition) is 3. The Balaban J connectivity index is 1.33. The standard InChI is InChI=1S/C28H29Cl2N3O2/c1-19-16-23(17-20(2)27(19)30)35-15-6-5-14-33-25-11-4-3-10-24(25)32-26(33)12-13-31-28(34)21-8-7-9-22(29)18-21/h3-4,7-11,16-18H,5-6,12-15H2,1-2H3,(H,31,34). The van der Waals surface area contributed by atoms with Gasteiger partial charge >= 0.3 is 0 Å². The summed E-state index contributed by atoms with van der Waals surface area (Å²) in [6.07, 6.45) is 2.51. The van der Waals surface area contributed by atoms with Gasteiger partial charge in [0.1, 0.15) is 11.6 Å². The Morgan fingerprint density at radius 3 is 2.54 bits per heavy atom. The monoisotopic (exact) mass is 509 g/mol. The van der Waals surface area contributed by atoms with Crippen molar-refractivity contribution in [1.29, 1.82) is 0 Å². The highest BCUT2D eigenvalue weighted by Crippen LogP contribution is 2.26. The quantitative estimate of drug-likeness (QED) is 0.239. The van der Waals surface area contributed by atoms with E-state index in [0.29, 0.717) is 30.2 Å². The lowest BCUT2D eigenvalue weighted by Gasteiger charge is -2.12. The number of amides is 1. The van der Waals surface area contributed by atoms with Crippen LogP contribution in [-0.4, -0.2) is 28.6 Å². The lowest BCUT2D eigenvalue weighted by molar-refractivity contribution is 0.0954. The Labute approximate surface area is 216 Å². The molecule has 0 aliphatic rings. The molecule has 5 nitrogen and oxygen atoms in total. The summed E-state index contributed by atoms with van der Waals surface area (Å²) in [4.78, 5) is 17.3. The van der Waals surface area contributed by atoms with Crippen molar-refractivity contribution in [2.24, 2.45) is 0 Å². The molecule has 0 radical (unpaired) electrons. The van der Waals surface area contributed by atoms with Crippen LogP contribution in [0.1, 0.15) is 40.2 Å². The summed E-state index contributed by atoms with van der Waals surface area (Å²) in [5.41, 5.74) is 4.68. The highest BCUT2D eigenvalue weighted by atomic mass is 35.5. The summed E-state index contributed by atoms with van der Waals surface area (Å²) in [6, 6.07) is 19.0.